The van der Waals surface area contributed by atoms with E-state index in [4.69, 9.17) is 23.7 Å². The van der Waals surface area contributed by atoms with E-state index in [0.717, 1.165) is 12.8 Å². The molecule has 2 aliphatic rings. The van der Waals surface area contributed by atoms with Gasteiger partial charge in [-0.25, -0.2) is 0 Å². The quantitative estimate of drug-likeness (QED) is 0.696. The van der Waals surface area contributed by atoms with Crippen molar-refractivity contribution in [3.8, 4) is 28.7 Å². The van der Waals surface area contributed by atoms with Crippen LogP contribution in [0.25, 0.3) is 0 Å². The van der Waals surface area contributed by atoms with Crippen LogP contribution in [0.1, 0.15) is 33.6 Å². The van der Waals surface area contributed by atoms with Crippen LogP contribution >= 0.6 is 0 Å². The molecule has 0 unspecified atom stereocenters. The second-order valence-corrected chi connectivity index (χ2v) is 7.05. The van der Waals surface area contributed by atoms with Crippen LogP contribution in [0.2, 0.25) is 0 Å². The number of Topliss-reactive ketones (excluding diaryl/α,β-unsaturated/α-hetero) is 1. The third kappa shape index (κ3) is 3.72. The van der Waals surface area contributed by atoms with E-state index in [1.165, 1.54) is 21.3 Å². The minimum absolute atomic E-state index is 0.00725. The standard InChI is InChI=1S/C22H23NO7/c1-26-18-8-13(9-19(27-2)21(18)28-3)22(25)23-15-11-17-16(29-6-7-30-17)10-14(15)20(24)12-4-5-12/h8-12H,4-7H2,1-3H3,(H,23,25). The Morgan fingerprint density at radius 3 is 2.03 bits per heavy atom. The number of benzene rings is 2. The van der Waals surface area contributed by atoms with Gasteiger partial charge in [-0.1, -0.05) is 0 Å². The predicted octanol–water partition coefficient (Wildman–Crippen LogP) is 3.33. The molecule has 0 radical (unpaired) electrons. The number of methoxy groups -OCH3 is 3. The lowest BCUT2D eigenvalue weighted by Gasteiger charge is -2.21. The average Bonchev–Trinajstić information content (AvgIpc) is 3.62. The lowest BCUT2D eigenvalue weighted by atomic mass is 10.0. The van der Waals surface area contributed by atoms with Crippen LogP contribution in [-0.4, -0.2) is 46.2 Å². The first-order chi connectivity index (χ1) is 14.5. The lowest BCUT2D eigenvalue weighted by molar-refractivity contribution is 0.0967. The molecular weight excluding hydrogens is 390 g/mol. The molecule has 0 spiro atoms. The molecule has 0 saturated heterocycles. The molecule has 1 aliphatic carbocycles. The average molecular weight is 413 g/mol. The SMILES string of the molecule is COc1cc(C(=O)Nc2cc3c(cc2C(=O)C2CC2)OCCO3)cc(OC)c1OC. The van der Waals surface area contributed by atoms with Crippen LogP contribution in [0, 0.1) is 5.92 Å². The summed E-state index contributed by atoms with van der Waals surface area (Å²) in [5.74, 6) is 1.68. The van der Waals surface area contributed by atoms with Gasteiger partial charge in [-0.05, 0) is 31.0 Å². The first kappa shape index (κ1) is 19.9. The highest BCUT2D eigenvalue weighted by Crippen LogP contribution is 2.41. The molecule has 30 heavy (non-hydrogen) atoms. The van der Waals surface area contributed by atoms with Crippen LogP contribution < -0.4 is 29.0 Å². The maximum absolute atomic E-state index is 13.0. The molecule has 1 amide bonds. The summed E-state index contributed by atoms with van der Waals surface area (Å²) < 4.78 is 27.2. The summed E-state index contributed by atoms with van der Waals surface area (Å²) in [5.41, 5.74) is 1.10. The van der Waals surface area contributed by atoms with Gasteiger partial charge in [-0.2, -0.15) is 0 Å². The van der Waals surface area contributed by atoms with Crippen molar-refractivity contribution < 1.29 is 33.3 Å². The molecule has 2 aromatic carbocycles. The van der Waals surface area contributed by atoms with Crippen molar-refractivity contribution in [2.45, 2.75) is 12.8 Å². The van der Waals surface area contributed by atoms with Crippen molar-refractivity contribution in [2.75, 3.05) is 39.9 Å². The van der Waals surface area contributed by atoms with Crippen molar-refractivity contribution in [3.63, 3.8) is 0 Å². The number of amides is 1. The van der Waals surface area contributed by atoms with Crippen LogP contribution in [0.4, 0.5) is 5.69 Å². The molecule has 158 valence electrons. The molecule has 0 aromatic heterocycles. The van der Waals surface area contributed by atoms with Gasteiger partial charge in [-0.3, -0.25) is 9.59 Å². The van der Waals surface area contributed by atoms with Gasteiger partial charge in [0.05, 0.1) is 27.0 Å². The predicted molar refractivity (Wildman–Crippen MR) is 109 cm³/mol. The Morgan fingerprint density at radius 2 is 1.50 bits per heavy atom. The molecule has 1 fully saturated rings. The fourth-order valence-corrected chi connectivity index (χ4v) is 3.37. The van der Waals surface area contributed by atoms with Gasteiger partial charge in [0.15, 0.2) is 28.8 Å². The van der Waals surface area contributed by atoms with Gasteiger partial charge in [0.25, 0.3) is 5.91 Å². The van der Waals surface area contributed by atoms with Crippen LogP contribution in [0.3, 0.4) is 0 Å². The summed E-state index contributed by atoms with van der Waals surface area (Å²) in [4.78, 5) is 25.8. The number of hydrogen-bond acceptors (Lipinski definition) is 7. The van der Waals surface area contributed by atoms with Gasteiger partial charge in [0.2, 0.25) is 5.75 Å². The Labute approximate surface area is 174 Å². The highest BCUT2D eigenvalue weighted by atomic mass is 16.6. The zero-order chi connectivity index (χ0) is 21.3. The van der Waals surface area contributed by atoms with Gasteiger partial charge in [0, 0.05) is 23.1 Å². The van der Waals surface area contributed by atoms with E-state index >= 15 is 0 Å². The largest absolute Gasteiger partial charge is 0.493 e. The molecule has 4 rings (SSSR count). The van der Waals surface area contributed by atoms with E-state index in [0.29, 0.717) is 58.8 Å². The number of rotatable bonds is 7. The van der Waals surface area contributed by atoms with E-state index < -0.39 is 5.91 Å². The Morgan fingerprint density at radius 1 is 0.900 bits per heavy atom. The molecule has 8 heteroatoms. The Hall–Kier alpha value is -3.42. The fourth-order valence-electron chi connectivity index (χ4n) is 3.37. The maximum Gasteiger partial charge on any atom is 0.255 e. The van der Waals surface area contributed by atoms with E-state index in [1.807, 2.05) is 0 Å². The van der Waals surface area contributed by atoms with Gasteiger partial charge < -0.3 is 29.0 Å². The third-order valence-corrected chi connectivity index (χ3v) is 5.07. The minimum atomic E-state index is -0.421. The van der Waals surface area contributed by atoms with E-state index in [9.17, 15) is 9.59 Å². The molecule has 1 N–H and O–H groups in total. The fraction of sp³-hybridized carbons (Fsp3) is 0.364. The van der Waals surface area contributed by atoms with Crippen LogP contribution in [0.5, 0.6) is 28.7 Å². The highest BCUT2D eigenvalue weighted by Gasteiger charge is 2.33. The van der Waals surface area contributed by atoms with E-state index in [-0.39, 0.29) is 11.7 Å². The first-order valence-electron chi connectivity index (χ1n) is 9.65. The molecule has 1 heterocycles. The Bertz CT molecular complexity index is 972. The Kier molecular flexibility index (Phi) is 5.39. The number of ketones is 1. The number of carbonyl (C=O) groups excluding carboxylic acids is 2. The normalized spacial score (nSPS) is 14.6. The van der Waals surface area contributed by atoms with Crippen molar-refractivity contribution in [1.82, 2.24) is 0 Å². The zero-order valence-corrected chi connectivity index (χ0v) is 17.1. The van der Waals surface area contributed by atoms with E-state index in [1.54, 1.807) is 24.3 Å². The lowest BCUT2D eigenvalue weighted by Crippen LogP contribution is -2.19. The second kappa shape index (κ2) is 8.14. The molecule has 8 nitrogen and oxygen atoms in total. The molecule has 1 saturated carbocycles. The van der Waals surface area contributed by atoms with Gasteiger partial charge >= 0.3 is 0 Å². The Balaban J connectivity index is 1.70. The number of nitrogens with one attached hydrogen (secondary N) is 1. The summed E-state index contributed by atoms with van der Waals surface area (Å²) in [6.07, 6.45) is 1.71. The maximum atomic E-state index is 13.0. The number of carbonyl (C=O) groups is 2. The van der Waals surface area contributed by atoms with E-state index in [2.05, 4.69) is 5.32 Å². The monoisotopic (exact) mass is 413 g/mol. The first-order valence-corrected chi connectivity index (χ1v) is 9.65. The van der Waals surface area contributed by atoms with Crippen molar-refractivity contribution in [2.24, 2.45) is 5.92 Å². The van der Waals surface area contributed by atoms with Crippen molar-refractivity contribution >= 4 is 17.4 Å². The number of ether oxygens (including phenoxy) is 5. The summed E-state index contributed by atoms with van der Waals surface area (Å²) in [7, 11) is 4.45. The smallest absolute Gasteiger partial charge is 0.255 e. The third-order valence-electron chi connectivity index (χ3n) is 5.07. The summed E-state index contributed by atoms with van der Waals surface area (Å²) in [6, 6.07) is 6.40. The number of hydrogen-bond donors (Lipinski definition) is 1. The second-order valence-electron chi connectivity index (χ2n) is 7.05. The molecular formula is C22H23NO7. The summed E-state index contributed by atoms with van der Waals surface area (Å²) >= 11 is 0. The summed E-state index contributed by atoms with van der Waals surface area (Å²) in [5, 5.41) is 2.83. The topological polar surface area (TPSA) is 92.3 Å². The molecule has 0 bridgehead atoms. The summed E-state index contributed by atoms with van der Waals surface area (Å²) in [6.45, 7) is 0.824. The zero-order valence-electron chi connectivity index (χ0n) is 17.1. The highest BCUT2D eigenvalue weighted by molar-refractivity contribution is 6.11. The number of fused-ring (bicyclic) bond motifs is 1. The van der Waals surface area contributed by atoms with Crippen molar-refractivity contribution in [3.05, 3.63) is 35.4 Å². The van der Waals surface area contributed by atoms with Gasteiger partial charge in [-0.15, -0.1) is 0 Å². The molecule has 1 aliphatic heterocycles. The molecule has 0 atom stereocenters. The van der Waals surface area contributed by atoms with Gasteiger partial charge in [0.1, 0.15) is 13.2 Å². The number of anilines is 1. The van der Waals surface area contributed by atoms with Crippen LogP contribution in [0.15, 0.2) is 24.3 Å². The van der Waals surface area contributed by atoms with Crippen molar-refractivity contribution in [1.29, 1.82) is 0 Å². The minimum Gasteiger partial charge on any atom is -0.493 e. The van der Waals surface area contributed by atoms with Crippen LogP contribution in [-0.2, 0) is 0 Å². The molecule has 2 aromatic rings.